The summed E-state index contributed by atoms with van der Waals surface area (Å²) in [7, 11) is 0. The minimum Gasteiger partial charge on any atom is -0.503 e. The number of carbonyl (C=O) groups excluding carboxylic acids is 1. The summed E-state index contributed by atoms with van der Waals surface area (Å²) < 4.78 is 39.9. The lowest BCUT2D eigenvalue weighted by molar-refractivity contribution is 0.0893. The number of carbonyl (C=O) groups is 1. The van der Waals surface area contributed by atoms with Gasteiger partial charge in [0.1, 0.15) is 0 Å². The van der Waals surface area contributed by atoms with Crippen molar-refractivity contribution in [3.8, 4) is 5.75 Å². The van der Waals surface area contributed by atoms with Gasteiger partial charge in [-0.2, -0.15) is 4.39 Å². The Morgan fingerprint density at radius 2 is 1.90 bits per heavy atom. The molecule has 1 rings (SSSR count). The Morgan fingerprint density at radius 3 is 2.38 bits per heavy atom. The van der Waals surface area contributed by atoms with Crippen LogP contribution in [0.5, 0.6) is 5.75 Å². The summed E-state index contributed by atoms with van der Waals surface area (Å²) in [5.41, 5.74) is 4.36. The van der Waals surface area contributed by atoms with Crippen molar-refractivity contribution in [3.05, 3.63) is 29.1 Å². The van der Waals surface area contributed by atoms with Gasteiger partial charge in [-0.1, -0.05) is 20.8 Å². The molecule has 1 aromatic rings. The SMILES string of the molecule is CC(C)(C)C(CCN)NC(=O)c1cc(F)c(F)c(O)c1F. The number of hydrogen-bond acceptors (Lipinski definition) is 3. The average Bonchev–Trinajstić information content (AvgIpc) is 2.38. The Hall–Kier alpha value is -1.76. The lowest BCUT2D eigenvalue weighted by Gasteiger charge is -2.31. The minimum absolute atomic E-state index is 0.299. The van der Waals surface area contributed by atoms with Crippen LogP contribution in [0.25, 0.3) is 0 Å². The maximum atomic E-state index is 13.7. The molecule has 4 nitrogen and oxygen atoms in total. The number of nitrogens with one attached hydrogen (secondary N) is 1. The van der Waals surface area contributed by atoms with Crippen LogP contribution in [0.2, 0.25) is 0 Å². The summed E-state index contributed by atoms with van der Waals surface area (Å²) in [6.45, 7) is 5.86. The van der Waals surface area contributed by atoms with Crippen molar-refractivity contribution >= 4 is 5.91 Å². The van der Waals surface area contributed by atoms with Crippen LogP contribution >= 0.6 is 0 Å². The maximum Gasteiger partial charge on any atom is 0.254 e. The van der Waals surface area contributed by atoms with Crippen LogP contribution < -0.4 is 11.1 Å². The van der Waals surface area contributed by atoms with Gasteiger partial charge in [-0.3, -0.25) is 4.79 Å². The van der Waals surface area contributed by atoms with E-state index in [1.54, 1.807) is 0 Å². The van der Waals surface area contributed by atoms with E-state index in [9.17, 15) is 18.0 Å². The van der Waals surface area contributed by atoms with E-state index in [4.69, 9.17) is 10.8 Å². The second-order valence-electron chi connectivity index (χ2n) is 5.85. The Morgan fingerprint density at radius 1 is 1.33 bits per heavy atom. The third kappa shape index (κ3) is 3.87. The molecule has 0 spiro atoms. The van der Waals surface area contributed by atoms with Crippen LogP contribution in [-0.4, -0.2) is 23.6 Å². The number of phenolic OH excluding ortho intramolecular Hbond substituents is 1. The van der Waals surface area contributed by atoms with E-state index >= 15 is 0 Å². The number of hydrogen-bond donors (Lipinski definition) is 3. The molecule has 1 amide bonds. The highest BCUT2D eigenvalue weighted by Crippen LogP contribution is 2.27. The average molecular weight is 304 g/mol. The fourth-order valence-corrected chi connectivity index (χ4v) is 1.88. The summed E-state index contributed by atoms with van der Waals surface area (Å²) in [4.78, 5) is 12.0. The van der Waals surface area contributed by atoms with E-state index in [1.165, 1.54) is 0 Å². The van der Waals surface area contributed by atoms with Crippen LogP contribution in [0.15, 0.2) is 6.07 Å². The number of halogens is 3. The van der Waals surface area contributed by atoms with Gasteiger partial charge >= 0.3 is 0 Å². The van der Waals surface area contributed by atoms with E-state index in [0.717, 1.165) is 0 Å². The van der Waals surface area contributed by atoms with E-state index in [-0.39, 0.29) is 11.5 Å². The first kappa shape index (κ1) is 17.3. The second kappa shape index (κ2) is 6.34. The highest BCUT2D eigenvalue weighted by atomic mass is 19.2. The highest BCUT2D eigenvalue weighted by molar-refractivity contribution is 5.95. The molecule has 118 valence electrons. The van der Waals surface area contributed by atoms with Crippen molar-refractivity contribution in [1.29, 1.82) is 0 Å². The van der Waals surface area contributed by atoms with Crippen molar-refractivity contribution < 1.29 is 23.1 Å². The molecular formula is C14H19F3N2O2. The van der Waals surface area contributed by atoms with Crippen molar-refractivity contribution in [2.75, 3.05) is 6.54 Å². The van der Waals surface area contributed by atoms with Gasteiger partial charge in [0.2, 0.25) is 5.82 Å². The first-order valence-corrected chi connectivity index (χ1v) is 6.47. The standard InChI is InChI=1S/C14H19F3N2O2/c1-14(2,3)9(4-5-18)19-13(21)7-6-8(15)11(17)12(20)10(7)16/h6,9,20H,4-5,18H2,1-3H3,(H,19,21). The van der Waals surface area contributed by atoms with E-state index in [1.807, 2.05) is 20.8 Å². The van der Waals surface area contributed by atoms with E-state index in [0.29, 0.717) is 19.0 Å². The van der Waals surface area contributed by atoms with Gasteiger partial charge in [-0.25, -0.2) is 8.78 Å². The molecular weight excluding hydrogens is 285 g/mol. The molecule has 0 fully saturated rings. The molecule has 0 saturated carbocycles. The molecule has 1 unspecified atom stereocenters. The Balaban J connectivity index is 3.09. The van der Waals surface area contributed by atoms with Crippen LogP contribution in [0.4, 0.5) is 13.2 Å². The fourth-order valence-electron chi connectivity index (χ4n) is 1.88. The smallest absolute Gasteiger partial charge is 0.254 e. The first-order valence-electron chi connectivity index (χ1n) is 6.47. The molecule has 0 bridgehead atoms. The van der Waals surface area contributed by atoms with Crippen LogP contribution in [0.1, 0.15) is 37.6 Å². The van der Waals surface area contributed by atoms with Crippen molar-refractivity contribution in [2.24, 2.45) is 11.1 Å². The minimum atomic E-state index is -1.72. The molecule has 0 heterocycles. The number of aromatic hydroxyl groups is 1. The van der Waals surface area contributed by atoms with Crippen molar-refractivity contribution in [3.63, 3.8) is 0 Å². The molecule has 1 atom stereocenters. The quantitative estimate of drug-likeness (QED) is 0.747. The van der Waals surface area contributed by atoms with Gasteiger partial charge in [-0.15, -0.1) is 0 Å². The molecule has 0 aliphatic carbocycles. The lowest BCUT2D eigenvalue weighted by Crippen LogP contribution is -2.45. The molecule has 0 aliphatic rings. The molecule has 0 saturated heterocycles. The van der Waals surface area contributed by atoms with Crippen molar-refractivity contribution in [2.45, 2.75) is 33.2 Å². The summed E-state index contributed by atoms with van der Waals surface area (Å²) in [5, 5.41) is 11.7. The Labute approximate surface area is 121 Å². The largest absolute Gasteiger partial charge is 0.503 e. The van der Waals surface area contributed by atoms with Crippen LogP contribution in [-0.2, 0) is 0 Å². The fraction of sp³-hybridized carbons (Fsp3) is 0.500. The summed E-state index contributed by atoms with van der Waals surface area (Å²) in [6, 6.07) is 0.0340. The number of nitrogens with two attached hydrogens (primary N) is 1. The van der Waals surface area contributed by atoms with Gasteiger partial charge in [0.05, 0.1) is 5.56 Å². The number of benzene rings is 1. The summed E-state index contributed by atoms with van der Waals surface area (Å²) >= 11 is 0. The number of amides is 1. The number of rotatable bonds is 4. The third-order valence-electron chi connectivity index (χ3n) is 3.18. The Kier molecular flexibility index (Phi) is 5.22. The molecule has 0 radical (unpaired) electrons. The first-order chi connectivity index (χ1) is 9.59. The van der Waals surface area contributed by atoms with E-state index < -0.39 is 34.7 Å². The maximum absolute atomic E-state index is 13.7. The van der Waals surface area contributed by atoms with Gasteiger partial charge in [0.25, 0.3) is 5.91 Å². The second-order valence-corrected chi connectivity index (χ2v) is 5.85. The topological polar surface area (TPSA) is 75.3 Å². The Bertz CT molecular complexity index is 542. The van der Waals surface area contributed by atoms with Crippen LogP contribution in [0, 0.1) is 22.9 Å². The zero-order valence-corrected chi connectivity index (χ0v) is 12.1. The molecule has 21 heavy (non-hydrogen) atoms. The molecule has 0 aromatic heterocycles. The lowest BCUT2D eigenvalue weighted by atomic mass is 9.84. The molecule has 1 aromatic carbocycles. The molecule has 7 heteroatoms. The predicted molar refractivity (Wildman–Crippen MR) is 72.4 cm³/mol. The normalized spacial score (nSPS) is 13.1. The van der Waals surface area contributed by atoms with Crippen molar-refractivity contribution in [1.82, 2.24) is 5.32 Å². The summed E-state index contributed by atoms with van der Waals surface area (Å²) in [6.07, 6.45) is 0.437. The zero-order valence-electron chi connectivity index (χ0n) is 12.1. The monoisotopic (exact) mass is 304 g/mol. The zero-order chi connectivity index (χ0) is 16.4. The van der Waals surface area contributed by atoms with Gasteiger partial charge in [-0.05, 0) is 24.4 Å². The highest BCUT2D eigenvalue weighted by Gasteiger charge is 2.28. The number of phenols is 1. The summed E-state index contributed by atoms with van der Waals surface area (Å²) in [5.74, 6) is -7.16. The van der Waals surface area contributed by atoms with Crippen LogP contribution in [0.3, 0.4) is 0 Å². The predicted octanol–water partition coefficient (Wildman–Crippen LogP) is 2.30. The molecule has 0 aliphatic heterocycles. The molecule has 4 N–H and O–H groups in total. The van der Waals surface area contributed by atoms with Gasteiger partial charge < -0.3 is 16.2 Å². The van der Waals surface area contributed by atoms with E-state index in [2.05, 4.69) is 5.32 Å². The van der Waals surface area contributed by atoms with Gasteiger partial charge in [0.15, 0.2) is 17.4 Å². The van der Waals surface area contributed by atoms with Gasteiger partial charge in [0, 0.05) is 6.04 Å². The third-order valence-corrected chi connectivity index (χ3v) is 3.18.